The lowest BCUT2D eigenvalue weighted by Crippen LogP contribution is -2.27. The van der Waals surface area contributed by atoms with Gasteiger partial charge in [-0.2, -0.15) is 0 Å². The summed E-state index contributed by atoms with van der Waals surface area (Å²) in [6.45, 7) is 2.96. The van der Waals surface area contributed by atoms with Gasteiger partial charge in [-0.25, -0.2) is 9.37 Å². The first-order valence-corrected chi connectivity index (χ1v) is 5.26. The second kappa shape index (κ2) is 4.37. The predicted molar refractivity (Wildman–Crippen MR) is 56.8 cm³/mol. The minimum atomic E-state index is -1.12. The fraction of sp³-hybridized carbons (Fsp3) is 0.333. The van der Waals surface area contributed by atoms with E-state index in [-0.39, 0.29) is 10.0 Å². The third kappa shape index (κ3) is 3.07. The van der Waals surface area contributed by atoms with E-state index in [9.17, 15) is 9.18 Å². The Balaban J connectivity index is 2.95. The Morgan fingerprint density at radius 2 is 2.27 bits per heavy atom. The topological polar surface area (TPSA) is 50.2 Å². The Kier molecular flexibility index (Phi) is 3.57. The first-order chi connectivity index (χ1) is 6.83. The molecule has 82 valence electrons. The van der Waals surface area contributed by atoms with E-state index in [1.165, 1.54) is 20.0 Å². The highest BCUT2D eigenvalue weighted by atomic mass is 35.5. The summed E-state index contributed by atoms with van der Waals surface area (Å²) in [6.07, 6.45) is 1.28. The van der Waals surface area contributed by atoms with E-state index < -0.39 is 16.5 Å². The zero-order valence-electron chi connectivity index (χ0n) is 8.12. The summed E-state index contributed by atoms with van der Waals surface area (Å²) in [5, 5.41) is 9.07. The Morgan fingerprint density at radius 3 is 2.73 bits per heavy atom. The van der Waals surface area contributed by atoms with Crippen LogP contribution in [-0.2, 0) is 4.79 Å². The number of carbonyl (C=O) groups is 1. The number of aliphatic carboxylic acids is 1. The normalized spacial score (nSPS) is 11.5. The second-order valence-electron chi connectivity index (χ2n) is 3.36. The molecular weight excluding hydrogens is 241 g/mol. The fourth-order valence-electron chi connectivity index (χ4n) is 0.762. The molecular formula is C9H9ClFNO2S. The molecule has 0 unspecified atom stereocenters. The molecule has 0 spiro atoms. The first-order valence-electron chi connectivity index (χ1n) is 4.06. The van der Waals surface area contributed by atoms with Gasteiger partial charge >= 0.3 is 5.97 Å². The maximum absolute atomic E-state index is 13.3. The molecule has 0 aromatic carbocycles. The molecule has 15 heavy (non-hydrogen) atoms. The number of carboxylic acid groups (broad SMARTS) is 1. The number of hydrogen-bond donors (Lipinski definition) is 1. The molecule has 0 atom stereocenters. The highest BCUT2D eigenvalue weighted by Crippen LogP contribution is 2.33. The van der Waals surface area contributed by atoms with Gasteiger partial charge in [0.2, 0.25) is 0 Å². The molecule has 0 aliphatic carbocycles. The van der Waals surface area contributed by atoms with Crippen LogP contribution in [0.5, 0.6) is 0 Å². The molecule has 1 N–H and O–H groups in total. The summed E-state index contributed by atoms with van der Waals surface area (Å²) in [4.78, 5) is 14.5. The summed E-state index contributed by atoms with van der Waals surface area (Å²) in [5.41, 5.74) is 0. The summed E-state index contributed by atoms with van der Waals surface area (Å²) in [7, 11) is 0. The second-order valence-corrected chi connectivity index (χ2v) is 5.41. The summed E-state index contributed by atoms with van der Waals surface area (Å²) in [6, 6.07) is 1.11. The first kappa shape index (κ1) is 12.3. The third-order valence-corrected chi connectivity index (χ3v) is 3.03. The van der Waals surface area contributed by atoms with Crippen LogP contribution in [-0.4, -0.2) is 20.8 Å². The summed E-state index contributed by atoms with van der Waals surface area (Å²) >= 11 is 6.37. The SMILES string of the molecule is CC(C)(Sc1ncc(Cl)cc1F)C(=O)O. The average molecular weight is 250 g/mol. The van der Waals surface area contributed by atoms with Gasteiger partial charge in [0.25, 0.3) is 0 Å². The molecule has 0 radical (unpaired) electrons. The molecule has 0 saturated heterocycles. The van der Waals surface area contributed by atoms with Crippen molar-refractivity contribution in [2.45, 2.75) is 23.6 Å². The van der Waals surface area contributed by atoms with Crippen molar-refractivity contribution >= 4 is 29.3 Å². The lowest BCUT2D eigenvalue weighted by atomic mass is 10.2. The Morgan fingerprint density at radius 1 is 1.67 bits per heavy atom. The van der Waals surface area contributed by atoms with Crippen LogP contribution in [0.25, 0.3) is 0 Å². The van der Waals surface area contributed by atoms with Gasteiger partial charge in [-0.1, -0.05) is 23.4 Å². The van der Waals surface area contributed by atoms with Crippen LogP contribution in [0.3, 0.4) is 0 Å². The van der Waals surface area contributed by atoms with Crippen molar-refractivity contribution in [3.8, 4) is 0 Å². The molecule has 6 heteroatoms. The summed E-state index contributed by atoms with van der Waals surface area (Å²) in [5.74, 6) is -1.63. The average Bonchev–Trinajstić information content (AvgIpc) is 2.09. The maximum atomic E-state index is 13.3. The van der Waals surface area contributed by atoms with Gasteiger partial charge in [-0.05, 0) is 19.9 Å². The molecule has 1 aromatic heterocycles. The molecule has 1 rings (SSSR count). The van der Waals surface area contributed by atoms with E-state index in [2.05, 4.69) is 4.98 Å². The van der Waals surface area contributed by atoms with Crippen LogP contribution in [0.4, 0.5) is 4.39 Å². The zero-order valence-corrected chi connectivity index (χ0v) is 9.69. The predicted octanol–water partition coefficient (Wildman–Crippen LogP) is 2.83. The lowest BCUT2D eigenvalue weighted by molar-refractivity contribution is -0.138. The van der Waals surface area contributed by atoms with Crippen LogP contribution in [0.2, 0.25) is 5.02 Å². The van der Waals surface area contributed by atoms with Crippen molar-refractivity contribution < 1.29 is 14.3 Å². The Bertz CT molecular complexity index is 398. The third-order valence-electron chi connectivity index (χ3n) is 1.64. The number of carboxylic acids is 1. The van der Waals surface area contributed by atoms with Crippen LogP contribution >= 0.6 is 23.4 Å². The molecule has 1 aromatic rings. The van der Waals surface area contributed by atoms with E-state index in [0.717, 1.165) is 17.8 Å². The van der Waals surface area contributed by atoms with Gasteiger partial charge in [-0.15, -0.1) is 0 Å². The van der Waals surface area contributed by atoms with Crippen LogP contribution in [0.15, 0.2) is 17.3 Å². The molecule has 0 saturated carbocycles. The van der Waals surface area contributed by atoms with Crippen molar-refractivity contribution in [3.63, 3.8) is 0 Å². The number of nitrogens with zero attached hydrogens (tertiary/aromatic N) is 1. The summed E-state index contributed by atoms with van der Waals surface area (Å²) < 4.78 is 12.2. The zero-order chi connectivity index (χ0) is 11.6. The highest BCUT2D eigenvalue weighted by Gasteiger charge is 2.30. The van der Waals surface area contributed by atoms with Crippen LogP contribution in [0, 0.1) is 5.82 Å². The lowest BCUT2D eigenvalue weighted by Gasteiger charge is -2.17. The molecule has 3 nitrogen and oxygen atoms in total. The quantitative estimate of drug-likeness (QED) is 0.837. The van der Waals surface area contributed by atoms with E-state index in [4.69, 9.17) is 16.7 Å². The van der Waals surface area contributed by atoms with E-state index in [1.54, 1.807) is 0 Å². The Labute approximate surface area is 95.7 Å². The van der Waals surface area contributed by atoms with E-state index >= 15 is 0 Å². The maximum Gasteiger partial charge on any atom is 0.319 e. The number of halogens is 2. The number of aromatic nitrogens is 1. The molecule has 0 fully saturated rings. The van der Waals surface area contributed by atoms with Gasteiger partial charge in [0.05, 0.1) is 5.02 Å². The van der Waals surface area contributed by atoms with Crippen LogP contribution < -0.4 is 0 Å². The standard InChI is InChI=1S/C9H9ClFNO2S/c1-9(2,8(13)14)15-7-6(11)3-5(10)4-12-7/h3-4H,1-2H3,(H,13,14). The van der Waals surface area contributed by atoms with Gasteiger partial charge in [-0.3, -0.25) is 4.79 Å². The number of thioether (sulfide) groups is 1. The smallest absolute Gasteiger partial charge is 0.319 e. The van der Waals surface area contributed by atoms with Crippen molar-refractivity contribution in [3.05, 3.63) is 23.1 Å². The molecule has 1 heterocycles. The minimum Gasteiger partial charge on any atom is -0.480 e. The number of rotatable bonds is 3. The molecule has 0 bridgehead atoms. The van der Waals surface area contributed by atoms with Gasteiger partial charge in [0.1, 0.15) is 9.77 Å². The van der Waals surface area contributed by atoms with Gasteiger partial charge in [0.15, 0.2) is 5.82 Å². The molecule has 0 amide bonds. The fourth-order valence-corrected chi connectivity index (χ4v) is 1.74. The van der Waals surface area contributed by atoms with Gasteiger partial charge in [0, 0.05) is 6.20 Å². The van der Waals surface area contributed by atoms with Crippen molar-refractivity contribution in [2.75, 3.05) is 0 Å². The van der Waals surface area contributed by atoms with E-state index in [0.29, 0.717) is 0 Å². The monoisotopic (exact) mass is 249 g/mol. The largest absolute Gasteiger partial charge is 0.480 e. The van der Waals surface area contributed by atoms with Crippen molar-refractivity contribution in [1.82, 2.24) is 4.98 Å². The van der Waals surface area contributed by atoms with Gasteiger partial charge < -0.3 is 5.11 Å². The van der Waals surface area contributed by atoms with Crippen molar-refractivity contribution in [1.29, 1.82) is 0 Å². The molecule has 0 aliphatic heterocycles. The van der Waals surface area contributed by atoms with Crippen LogP contribution in [0.1, 0.15) is 13.8 Å². The minimum absolute atomic E-state index is 0.0341. The highest BCUT2D eigenvalue weighted by molar-refractivity contribution is 8.01. The number of pyridine rings is 1. The van der Waals surface area contributed by atoms with E-state index in [1.807, 2.05) is 0 Å². The molecule has 0 aliphatic rings. The Hall–Kier alpha value is -0.810. The number of hydrogen-bond acceptors (Lipinski definition) is 3. The van der Waals surface area contributed by atoms with Crippen molar-refractivity contribution in [2.24, 2.45) is 0 Å².